The molecule has 0 saturated carbocycles. The molecule has 2 aromatic carbocycles. The summed E-state index contributed by atoms with van der Waals surface area (Å²) < 4.78 is 18.7. The summed E-state index contributed by atoms with van der Waals surface area (Å²) in [6.07, 6.45) is 1.01. The first kappa shape index (κ1) is 21.6. The monoisotopic (exact) mass is 463 g/mol. The predicted molar refractivity (Wildman–Crippen MR) is 121 cm³/mol. The Labute approximate surface area is 195 Å². The van der Waals surface area contributed by atoms with E-state index in [1.54, 1.807) is 35.2 Å². The van der Waals surface area contributed by atoms with Gasteiger partial charge in [-0.25, -0.2) is 14.2 Å². The summed E-state index contributed by atoms with van der Waals surface area (Å²) in [5, 5.41) is 0. The summed E-state index contributed by atoms with van der Waals surface area (Å²) in [7, 11) is 1.54. The van der Waals surface area contributed by atoms with Gasteiger partial charge in [-0.3, -0.25) is 19.4 Å². The van der Waals surface area contributed by atoms with Gasteiger partial charge in [-0.15, -0.1) is 0 Å². The quantitative estimate of drug-likeness (QED) is 0.634. The van der Waals surface area contributed by atoms with E-state index in [1.807, 2.05) is 37.3 Å². The molecule has 2 aromatic rings. The number of allylic oxidation sites excluding steroid dienone is 1. The molecule has 0 radical (unpaired) electrons. The van der Waals surface area contributed by atoms with E-state index in [-0.39, 0.29) is 12.4 Å². The normalized spacial score (nSPS) is 21.4. The molecule has 1 saturated heterocycles. The van der Waals surface area contributed by atoms with Crippen LogP contribution in [-0.2, 0) is 20.9 Å². The van der Waals surface area contributed by atoms with Gasteiger partial charge in [-0.1, -0.05) is 30.3 Å². The van der Waals surface area contributed by atoms with Gasteiger partial charge in [0.1, 0.15) is 19.0 Å². The van der Waals surface area contributed by atoms with E-state index < -0.39 is 36.7 Å². The lowest BCUT2D eigenvalue weighted by Crippen LogP contribution is -2.65. The zero-order valence-electron chi connectivity index (χ0n) is 18.6. The van der Waals surface area contributed by atoms with Crippen LogP contribution >= 0.6 is 0 Å². The van der Waals surface area contributed by atoms with Gasteiger partial charge >= 0.3 is 12.0 Å². The molecule has 2 atom stereocenters. The maximum absolute atomic E-state index is 13.4. The van der Waals surface area contributed by atoms with E-state index in [1.165, 1.54) is 17.0 Å². The molecule has 0 N–H and O–H groups in total. The minimum atomic E-state index is -0.819. The third-order valence-corrected chi connectivity index (χ3v) is 6.00. The van der Waals surface area contributed by atoms with Crippen molar-refractivity contribution in [2.45, 2.75) is 25.7 Å². The van der Waals surface area contributed by atoms with Crippen molar-refractivity contribution in [2.75, 3.05) is 18.5 Å². The summed E-state index contributed by atoms with van der Waals surface area (Å²) >= 11 is 0. The molecule has 0 bridgehead atoms. The van der Waals surface area contributed by atoms with Crippen molar-refractivity contribution in [3.63, 3.8) is 0 Å². The average molecular weight is 463 g/mol. The number of halogens is 1. The number of hydrogen-bond acceptors (Lipinski definition) is 7. The van der Waals surface area contributed by atoms with Gasteiger partial charge in [-0.05, 0) is 36.8 Å². The lowest BCUT2D eigenvalue weighted by atomic mass is 10.1. The number of ether oxygens (including phenoxy) is 1. The molecule has 2 unspecified atom stereocenters. The number of amides is 3. The third kappa shape index (κ3) is 3.57. The van der Waals surface area contributed by atoms with Gasteiger partial charge in [0, 0.05) is 24.6 Å². The molecule has 9 nitrogen and oxygen atoms in total. The van der Waals surface area contributed by atoms with Crippen LogP contribution in [0.2, 0.25) is 0 Å². The highest BCUT2D eigenvalue weighted by Crippen LogP contribution is 2.36. The Morgan fingerprint density at radius 2 is 1.79 bits per heavy atom. The minimum Gasteiger partial charge on any atom is -0.459 e. The molecule has 0 spiro atoms. The molecule has 3 aliphatic heterocycles. The second-order valence-corrected chi connectivity index (χ2v) is 8.24. The molecule has 34 heavy (non-hydrogen) atoms. The molecular formula is C24H22FN5O4. The van der Waals surface area contributed by atoms with Gasteiger partial charge in [0.05, 0.1) is 0 Å². The number of likely N-dealkylation sites (N-methyl/N-ethyl adjacent to an activating group) is 1. The van der Waals surface area contributed by atoms with Crippen molar-refractivity contribution >= 4 is 29.6 Å². The first-order valence-corrected chi connectivity index (χ1v) is 10.7. The first-order valence-electron chi connectivity index (χ1n) is 10.7. The molecule has 3 amide bonds. The number of carbonyl (C=O) groups is 3. The number of benzene rings is 2. The maximum Gasteiger partial charge on any atom is 0.328 e. The van der Waals surface area contributed by atoms with Gasteiger partial charge in [0.15, 0.2) is 12.2 Å². The fourth-order valence-electron chi connectivity index (χ4n) is 4.32. The summed E-state index contributed by atoms with van der Waals surface area (Å²) in [5.74, 6) is -1.12. The van der Waals surface area contributed by atoms with Crippen LogP contribution in [0.15, 0.2) is 71.5 Å². The number of rotatable bonds is 5. The van der Waals surface area contributed by atoms with Crippen LogP contribution < -0.4 is 4.90 Å². The average Bonchev–Trinajstić information content (AvgIpc) is 3.35. The highest BCUT2D eigenvalue weighted by Gasteiger charge is 2.54. The third-order valence-electron chi connectivity index (χ3n) is 6.00. The maximum atomic E-state index is 13.4. The van der Waals surface area contributed by atoms with Crippen molar-refractivity contribution in [1.82, 2.24) is 14.7 Å². The fourth-order valence-corrected chi connectivity index (χ4v) is 4.32. The SMILES string of the molecule is CC1=CN2C(=NC3C2C(=O)N(CC(=O)OCc2ccccc2)C(=O)N3C)N1c1ccc(F)cc1. The Balaban J connectivity index is 1.34. The van der Waals surface area contributed by atoms with Crippen molar-refractivity contribution < 1.29 is 23.5 Å². The van der Waals surface area contributed by atoms with Crippen molar-refractivity contribution in [2.24, 2.45) is 4.99 Å². The Morgan fingerprint density at radius 3 is 2.50 bits per heavy atom. The second-order valence-electron chi connectivity index (χ2n) is 8.24. The highest BCUT2D eigenvalue weighted by molar-refractivity contribution is 6.10. The number of hydrogen-bond donors (Lipinski definition) is 0. The lowest BCUT2D eigenvalue weighted by molar-refractivity contribution is -0.151. The zero-order valence-corrected chi connectivity index (χ0v) is 18.6. The number of urea groups is 1. The minimum absolute atomic E-state index is 0.0474. The van der Waals surface area contributed by atoms with E-state index in [4.69, 9.17) is 4.74 Å². The van der Waals surface area contributed by atoms with Crippen LogP contribution in [0.25, 0.3) is 0 Å². The number of guanidine groups is 1. The van der Waals surface area contributed by atoms with E-state index in [2.05, 4.69) is 4.99 Å². The molecule has 1 fully saturated rings. The van der Waals surface area contributed by atoms with E-state index in [0.717, 1.165) is 16.2 Å². The van der Waals surface area contributed by atoms with Crippen molar-refractivity contribution in [3.8, 4) is 0 Å². The molecule has 5 rings (SSSR count). The smallest absolute Gasteiger partial charge is 0.328 e. The van der Waals surface area contributed by atoms with Crippen LogP contribution in [0.3, 0.4) is 0 Å². The number of nitrogens with zero attached hydrogens (tertiary/aromatic N) is 5. The van der Waals surface area contributed by atoms with E-state index in [0.29, 0.717) is 11.6 Å². The summed E-state index contributed by atoms with van der Waals surface area (Å²) in [4.78, 5) is 49.1. The molecule has 3 heterocycles. The fraction of sp³-hybridized carbons (Fsp3) is 0.250. The Bertz CT molecular complexity index is 1210. The van der Waals surface area contributed by atoms with E-state index in [9.17, 15) is 18.8 Å². The van der Waals surface area contributed by atoms with Gasteiger partial charge in [-0.2, -0.15) is 0 Å². The van der Waals surface area contributed by atoms with Gasteiger partial charge in [0.25, 0.3) is 5.91 Å². The number of aliphatic imine (C=N–C) groups is 1. The molecule has 0 aliphatic carbocycles. The standard InChI is InChI=1S/C24H22FN5O4/c1-15-12-28-20-21(26-23(28)30(15)18-10-8-17(25)9-11-18)27(2)24(33)29(22(20)32)13-19(31)34-14-16-6-4-3-5-7-16/h3-12,20-21H,13-14H2,1-2H3. The zero-order chi connectivity index (χ0) is 24.0. The summed E-state index contributed by atoms with van der Waals surface area (Å²) in [6.45, 7) is 1.40. The van der Waals surface area contributed by atoms with Crippen LogP contribution in [0.5, 0.6) is 0 Å². The summed E-state index contributed by atoms with van der Waals surface area (Å²) in [5.41, 5.74) is 2.26. The van der Waals surface area contributed by atoms with Crippen molar-refractivity contribution in [3.05, 3.63) is 77.9 Å². The van der Waals surface area contributed by atoms with E-state index >= 15 is 0 Å². The predicted octanol–water partition coefficient (Wildman–Crippen LogP) is 2.51. The lowest BCUT2D eigenvalue weighted by Gasteiger charge is -2.39. The first-order chi connectivity index (χ1) is 16.3. The molecule has 0 aromatic heterocycles. The summed E-state index contributed by atoms with van der Waals surface area (Å²) in [6, 6.07) is 13.6. The Kier molecular flexibility index (Phi) is 5.27. The Morgan fingerprint density at radius 1 is 1.09 bits per heavy atom. The highest BCUT2D eigenvalue weighted by atomic mass is 19.1. The van der Waals surface area contributed by atoms with Crippen LogP contribution in [0.4, 0.5) is 14.9 Å². The van der Waals surface area contributed by atoms with Crippen LogP contribution in [-0.4, -0.2) is 64.4 Å². The molecule has 10 heteroatoms. The van der Waals surface area contributed by atoms with Gasteiger partial charge in [0.2, 0.25) is 5.96 Å². The van der Waals surface area contributed by atoms with Gasteiger partial charge < -0.3 is 14.5 Å². The molecule has 3 aliphatic rings. The second kappa shape index (κ2) is 8.29. The molecular weight excluding hydrogens is 441 g/mol. The van der Waals surface area contributed by atoms with Crippen molar-refractivity contribution in [1.29, 1.82) is 0 Å². The topological polar surface area (TPSA) is 85.8 Å². The Hall–Kier alpha value is -4.21. The number of fused-ring (bicyclic) bond motifs is 3. The number of imide groups is 1. The largest absolute Gasteiger partial charge is 0.459 e. The number of esters is 1. The number of carbonyl (C=O) groups excluding carboxylic acids is 3. The van der Waals surface area contributed by atoms with Crippen LogP contribution in [0.1, 0.15) is 12.5 Å². The van der Waals surface area contributed by atoms with Crippen LogP contribution in [0, 0.1) is 5.82 Å². The number of anilines is 1. The molecule has 174 valence electrons.